The van der Waals surface area contributed by atoms with Gasteiger partial charge in [0, 0.05) is 16.6 Å². The van der Waals surface area contributed by atoms with Crippen molar-refractivity contribution in [2.24, 2.45) is 10.9 Å². The fourth-order valence-electron chi connectivity index (χ4n) is 1.73. The fourth-order valence-corrected chi connectivity index (χ4v) is 2.09. The van der Waals surface area contributed by atoms with Gasteiger partial charge in [-0.1, -0.05) is 39.3 Å². The fraction of sp³-hybridized carbons (Fsp3) is 0.0714. The van der Waals surface area contributed by atoms with E-state index in [1.807, 2.05) is 6.07 Å². The van der Waals surface area contributed by atoms with E-state index in [-0.39, 0.29) is 11.7 Å². The molecule has 0 heterocycles. The summed E-state index contributed by atoms with van der Waals surface area (Å²) < 4.78 is 14.4. The zero-order valence-corrected chi connectivity index (χ0v) is 12.1. The van der Waals surface area contributed by atoms with Gasteiger partial charge in [0.15, 0.2) is 5.84 Å². The molecule has 0 bridgehead atoms. The summed E-state index contributed by atoms with van der Waals surface area (Å²) in [5.74, 6) is -0.277. The lowest BCUT2D eigenvalue weighted by molar-refractivity contribution is 0.318. The Morgan fingerprint density at radius 1 is 1.30 bits per heavy atom. The number of anilines is 1. The molecule has 20 heavy (non-hydrogen) atoms. The van der Waals surface area contributed by atoms with Crippen LogP contribution in [-0.2, 0) is 6.54 Å². The Balaban J connectivity index is 2.13. The van der Waals surface area contributed by atoms with Gasteiger partial charge in [-0.05, 0) is 29.8 Å². The zero-order valence-electron chi connectivity index (χ0n) is 10.5. The molecule has 0 aliphatic carbocycles. The molecule has 0 aliphatic rings. The van der Waals surface area contributed by atoms with E-state index in [0.717, 1.165) is 10.0 Å². The number of oxime groups is 1. The molecule has 4 nitrogen and oxygen atoms in total. The summed E-state index contributed by atoms with van der Waals surface area (Å²) >= 11 is 3.30. The van der Waals surface area contributed by atoms with Gasteiger partial charge in [0.25, 0.3) is 0 Å². The molecule has 2 aromatic carbocycles. The number of nitrogens with two attached hydrogens (primary N) is 1. The summed E-state index contributed by atoms with van der Waals surface area (Å²) in [5.41, 5.74) is 7.45. The third-order valence-corrected chi connectivity index (χ3v) is 3.24. The van der Waals surface area contributed by atoms with E-state index in [9.17, 15) is 4.39 Å². The molecule has 0 spiro atoms. The molecule has 4 N–H and O–H groups in total. The lowest BCUT2D eigenvalue weighted by atomic mass is 10.1. The van der Waals surface area contributed by atoms with Gasteiger partial charge in [-0.2, -0.15) is 0 Å². The average molecular weight is 338 g/mol. The normalized spacial score (nSPS) is 11.4. The van der Waals surface area contributed by atoms with Crippen LogP contribution in [0.5, 0.6) is 0 Å². The Bertz CT molecular complexity index is 646. The minimum Gasteiger partial charge on any atom is -0.409 e. The first-order chi connectivity index (χ1) is 9.60. The molecule has 0 radical (unpaired) electrons. The van der Waals surface area contributed by atoms with Crippen LogP contribution in [0.3, 0.4) is 0 Å². The number of amidine groups is 1. The maximum Gasteiger partial charge on any atom is 0.170 e. The molecule has 0 aliphatic heterocycles. The van der Waals surface area contributed by atoms with Crippen LogP contribution in [0.2, 0.25) is 0 Å². The number of nitrogens with zero attached hydrogens (tertiary/aromatic N) is 1. The quantitative estimate of drug-likeness (QED) is 0.347. The molecule has 104 valence electrons. The summed E-state index contributed by atoms with van der Waals surface area (Å²) in [7, 11) is 0. The third kappa shape index (κ3) is 3.48. The van der Waals surface area contributed by atoms with E-state index in [2.05, 4.69) is 26.4 Å². The lowest BCUT2D eigenvalue weighted by Gasteiger charge is -2.09. The molecule has 0 aromatic heterocycles. The van der Waals surface area contributed by atoms with Crippen LogP contribution in [0.25, 0.3) is 0 Å². The molecule has 2 rings (SSSR count). The highest BCUT2D eigenvalue weighted by Gasteiger charge is 2.04. The van der Waals surface area contributed by atoms with Crippen LogP contribution in [0.4, 0.5) is 10.1 Å². The number of hydrogen-bond donors (Lipinski definition) is 3. The van der Waals surface area contributed by atoms with Crippen LogP contribution in [0.15, 0.2) is 52.1 Å². The Morgan fingerprint density at radius 3 is 2.85 bits per heavy atom. The third-order valence-electron chi connectivity index (χ3n) is 2.74. The number of nitrogens with one attached hydrogen (secondary N) is 1. The first kappa shape index (κ1) is 14.3. The lowest BCUT2D eigenvalue weighted by Crippen LogP contribution is -2.13. The van der Waals surface area contributed by atoms with E-state index < -0.39 is 0 Å². The zero-order chi connectivity index (χ0) is 14.5. The van der Waals surface area contributed by atoms with Gasteiger partial charge in [-0.15, -0.1) is 0 Å². The second-order valence-corrected chi connectivity index (χ2v) is 5.08. The highest BCUT2D eigenvalue weighted by molar-refractivity contribution is 9.10. The average Bonchev–Trinajstić information content (AvgIpc) is 2.47. The molecule has 0 saturated heterocycles. The Kier molecular flexibility index (Phi) is 4.57. The number of rotatable bonds is 4. The van der Waals surface area contributed by atoms with Crippen molar-refractivity contribution >= 4 is 27.5 Å². The highest BCUT2D eigenvalue weighted by atomic mass is 79.9. The first-order valence-electron chi connectivity index (χ1n) is 5.86. The van der Waals surface area contributed by atoms with Gasteiger partial charge in [0.05, 0.1) is 5.69 Å². The SMILES string of the molecule is NC(=NO)c1cccc(CNc2cc(Br)ccc2F)c1. The number of hydrogen-bond acceptors (Lipinski definition) is 3. The van der Waals surface area contributed by atoms with E-state index in [4.69, 9.17) is 10.9 Å². The minimum atomic E-state index is -0.319. The van der Waals surface area contributed by atoms with E-state index >= 15 is 0 Å². The van der Waals surface area contributed by atoms with Crippen LogP contribution in [-0.4, -0.2) is 11.0 Å². The van der Waals surface area contributed by atoms with Crippen molar-refractivity contribution in [3.8, 4) is 0 Å². The maximum absolute atomic E-state index is 13.6. The second-order valence-electron chi connectivity index (χ2n) is 4.16. The number of halogens is 2. The summed E-state index contributed by atoms with van der Waals surface area (Å²) in [6.45, 7) is 0.430. The van der Waals surface area contributed by atoms with Crippen molar-refractivity contribution in [3.05, 3.63) is 63.9 Å². The van der Waals surface area contributed by atoms with E-state index in [1.165, 1.54) is 6.07 Å². The van der Waals surface area contributed by atoms with E-state index in [0.29, 0.717) is 17.8 Å². The number of benzene rings is 2. The smallest absolute Gasteiger partial charge is 0.170 e. The molecule has 0 fully saturated rings. The van der Waals surface area contributed by atoms with Crippen LogP contribution in [0.1, 0.15) is 11.1 Å². The Labute approximate surface area is 124 Å². The summed E-state index contributed by atoms with van der Waals surface area (Å²) in [6.07, 6.45) is 0. The molecular formula is C14H13BrFN3O. The van der Waals surface area contributed by atoms with Crippen LogP contribution in [0, 0.1) is 5.82 Å². The van der Waals surface area contributed by atoms with Crippen molar-refractivity contribution in [3.63, 3.8) is 0 Å². The van der Waals surface area contributed by atoms with Crippen molar-refractivity contribution in [1.29, 1.82) is 0 Å². The van der Waals surface area contributed by atoms with Gasteiger partial charge >= 0.3 is 0 Å². The van der Waals surface area contributed by atoms with Crippen LogP contribution >= 0.6 is 15.9 Å². The van der Waals surface area contributed by atoms with Gasteiger partial charge in [-0.3, -0.25) is 0 Å². The van der Waals surface area contributed by atoms with E-state index in [1.54, 1.807) is 30.3 Å². The Hall–Kier alpha value is -2.08. The molecule has 0 unspecified atom stereocenters. The molecule has 0 saturated carbocycles. The van der Waals surface area contributed by atoms with Gasteiger partial charge in [0.1, 0.15) is 5.82 Å². The highest BCUT2D eigenvalue weighted by Crippen LogP contribution is 2.20. The maximum atomic E-state index is 13.6. The van der Waals surface area contributed by atoms with Crippen molar-refractivity contribution < 1.29 is 9.60 Å². The van der Waals surface area contributed by atoms with Gasteiger partial charge in [-0.25, -0.2) is 4.39 Å². The first-order valence-corrected chi connectivity index (χ1v) is 6.65. The van der Waals surface area contributed by atoms with Crippen LogP contribution < -0.4 is 11.1 Å². The molecular weight excluding hydrogens is 325 g/mol. The predicted molar refractivity (Wildman–Crippen MR) is 80.4 cm³/mol. The molecule has 2 aromatic rings. The molecule has 0 amide bonds. The van der Waals surface area contributed by atoms with Crippen molar-refractivity contribution in [2.75, 3.05) is 5.32 Å². The molecule has 6 heteroatoms. The minimum absolute atomic E-state index is 0.0421. The standard InChI is InChI=1S/C14H13BrFN3O/c15-11-4-5-12(16)13(7-11)18-8-9-2-1-3-10(6-9)14(17)19-20/h1-7,18,20H,8H2,(H2,17,19). The Morgan fingerprint density at radius 2 is 2.10 bits per heavy atom. The second kappa shape index (κ2) is 6.38. The topological polar surface area (TPSA) is 70.6 Å². The summed E-state index contributed by atoms with van der Waals surface area (Å²) in [6, 6.07) is 11.9. The van der Waals surface area contributed by atoms with Gasteiger partial charge < -0.3 is 16.3 Å². The summed E-state index contributed by atoms with van der Waals surface area (Å²) in [4.78, 5) is 0. The van der Waals surface area contributed by atoms with Gasteiger partial charge in [0.2, 0.25) is 0 Å². The summed E-state index contributed by atoms with van der Waals surface area (Å²) in [5, 5.41) is 14.6. The largest absolute Gasteiger partial charge is 0.409 e. The monoisotopic (exact) mass is 337 g/mol. The predicted octanol–water partition coefficient (Wildman–Crippen LogP) is 3.29. The molecule has 0 atom stereocenters. The van der Waals surface area contributed by atoms with Crippen molar-refractivity contribution in [1.82, 2.24) is 0 Å². The van der Waals surface area contributed by atoms with Crippen molar-refractivity contribution in [2.45, 2.75) is 6.54 Å².